The second kappa shape index (κ2) is 12.3. The van der Waals surface area contributed by atoms with E-state index in [2.05, 4.69) is 17.2 Å². The molecule has 11 nitrogen and oxygen atoms in total. The zero-order valence-corrected chi connectivity index (χ0v) is 24.4. The maximum Gasteiger partial charge on any atom is 0.407 e. The fourth-order valence-corrected chi connectivity index (χ4v) is 5.15. The first kappa shape index (κ1) is 30.5. The van der Waals surface area contributed by atoms with Gasteiger partial charge < -0.3 is 25.6 Å². The molecule has 0 saturated heterocycles. The minimum Gasteiger partial charge on any atom is -0.507 e. The molecular formula is C34H29N3O8. The molecule has 0 fully saturated rings. The predicted molar refractivity (Wildman–Crippen MR) is 167 cm³/mol. The summed E-state index contributed by atoms with van der Waals surface area (Å²) in [4.78, 5) is 50.0. The van der Waals surface area contributed by atoms with E-state index in [0.29, 0.717) is 12.1 Å². The number of anilines is 2. The van der Waals surface area contributed by atoms with Gasteiger partial charge in [-0.05, 0) is 66.9 Å². The van der Waals surface area contributed by atoms with Crippen molar-refractivity contribution in [1.82, 2.24) is 5.32 Å². The topological polar surface area (TPSA) is 168 Å². The number of hydrogen-bond donors (Lipinski definition) is 4. The van der Waals surface area contributed by atoms with E-state index in [1.807, 2.05) is 38.1 Å². The van der Waals surface area contributed by atoms with Crippen LogP contribution in [0.3, 0.4) is 0 Å². The Morgan fingerprint density at radius 2 is 1.58 bits per heavy atom. The van der Waals surface area contributed by atoms with Gasteiger partial charge in [0, 0.05) is 18.2 Å². The summed E-state index contributed by atoms with van der Waals surface area (Å²) in [5.74, 6) is -2.89. The zero-order valence-electron chi connectivity index (χ0n) is 24.4. The number of alkyl carbamates (subject to hydrolysis) is 1. The second-order valence-corrected chi connectivity index (χ2v) is 10.6. The summed E-state index contributed by atoms with van der Waals surface area (Å²) in [7, 11) is 0. The molecule has 1 amide bonds. The number of nitro benzene ring substituents is 1. The highest BCUT2D eigenvalue weighted by Gasteiger charge is 2.40. The third-order valence-corrected chi connectivity index (χ3v) is 7.52. The molecule has 0 aliphatic heterocycles. The molecule has 1 aliphatic rings. The lowest BCUT2D eigenvalue weighted by Gasteiger charge is -2.22. The van der Waals surface area contributed by atoms with Gasteiger partial charge in [0.05, 0.1) is 39.9 Å². The number of amides is 1. The fourth-order valence-electron chi connectivity index (χ4n) is 5.15. The van der Waals surface area contributed by atoms with Gasteiger partial charge in [-0.25, -0.2) is 4.79 Å². The summed E-state index contributed by atoms with van der Waals surface area (Å²) in [5, 5.41) is 38.2. The van der Waals surface area contributed by atoms with E-state index in [0.717, 1.165) is 34.4 Å². The van der Waals surface area contributed by atoms with Crippen LogP contribution in [0.4, 0.5) is 21.9 Å². The molecule has 45 heavy (non-hydrogen) atoms. The Balaban J connectivity index is 1.25. The molecule has 0 bridgehead atoms. The Kier molecular flexibility index (Phi) is 8.35. The van der Waals surface area contributed by atoms with E-state index in [9.17, 15) is 34.7 Å². The number of carbonyl (C=O) groups excluding carboxylic acids is 3. The van der Waals surface area contributed by atoms with Gasteiger partial charge in [-0.15, -0.1) is 0 Å². The van der Waals surface area contributed by atoms with E-state index in [-0.39, 0.29) is 29.5 Å². The molecule has 0 spiro atoms. The van der Waals surface area contributed by atoms with Crippen molar-refractivity contribution >= 4 is 40.3 Å². The lowest BCUT2D eigenvalue weighted by atomic mass is 9.81. The highest BCUT2D eigenvalue weighted by atomic mass is 16.6. The van der Waals surface area contributed by atoms with E-state index < -0.39 is 50.9 Å². The lowest BCUT2D eigenvalue weighted by molar-refractivity contribution is -0.385. The smallest absolute Gasteiger partial charge is 0.407 e. The van der Waals surface area contributed by atoms with Crippen LogP contribution in [-0.4, -0.2) is 39.4 Å². The number of aromatic hydroxyl groups is 2. The first-order chi connectivity index (χ1) is 21.5. The maximum atomic E-state index is 13.5. The van der Waals surface area contributed by atoms with Gasteiger partial charge in [0.15, 0.2) is 0 Å². The van der Waals surface area contributed by atoms with Crippen molar-refractivity contribution in [2.24, 2.45) is 0 Å². The molecule has 4 N–H and O–H groups in total. The van der Waals surface area contributed by atoms with E-state index in [1.165, 1.54) is 12.1 Å². The Bertz CT molecular complexity index is 1880. The molecule has 1 atom stereocenters. The summed E-state index contributed by atoms with van der Waals surface area (Å²) in [6.07, 6.45) is -0.119. The number of allylic oxidation sites excluding steroid dienone is 1. The molecule has 4 aromatic rings. The Morgan fingerprint density at radius 1 is 0.933 bits per heavy atom. The monoisotopic (exact) mass is 607 g/mol. The van der Waals surface area contributed by atoms with Crippen LogP contribution in [0.15, 0.2) is 79.4 Å². The van der Waals surface area contributed by atoms with Crippen LogP contribution < -0.4 is 10.6 Å². The minimum atomic E-state index is -0.906. The van der Waals surface area contributed by atoms with E-state index in [4.69, 9.17) is 4.74 Å². The summed E-state index contributed by atoms with van der Waals surface area (Å²) >= 11 is 0. The predicted octanol–water partition coefficient (Wildman–Crippen LogP) is 6.59. The Hall–Kier alpha value is -5.97. The van der Waals surface area contributed by atoms with Crippen molar-refractivity contribution in [1.29, 1.82) is 0 Å². The molecular weight excluding hydrogens is 578 g/mol. The van der Waals surface area contributed by atoms with Gasteiger partial charge in [0.2, 0.25) is 11.6 Å². The summed E-state index contributed by atoms with van der Waals surface area (Å²) in [6, 6.07) is 19.0. The lowest BCUT2D eigenvalue weighted by Crippen LogP contribution is -2.28. The molecule has 0 aromatic heterocycles. The molecule has 0 radical (unpaired) electrons. The second-order valence-electron chi connectivity index (χ2n) is 10.6. The molecule has 1 unspecified atom stereocenters. The molecule has 228 valence electrons. The maximum absolute atomic E-state index is 13.5. The van der Waals surface area contributed by atoms with Crippen molar-refractivity contribution in [3.05, 3.63) is 128 Å². The standard InChI is InChI=1S/C34H29N3O8/c1-18(2)21-5-4-6-22(17-21)19(3)35-34(42)45-16-15-20-7-9-23(10-8-20)36-24-11-13-26(38)30-28(24)32(40)29-25(37(43)44)12-14-27(39)31(29)33(30)41/h4-14,17,19,36,38-39H,1,15-16H2,2-3H3,(H,35,42). The van der Waals surface area contributed by atoms with Crippen molar-refractivity contribution < 1.29 is 34.3 Å². The van der Waals surface area contributed by atoms with Gasteiger partial charge in [0.25, 0.3) is 5.69 Å². The third-order valence-electron chi connectivity index (χ3n) is 7.52. The number of phenols is 2. The van der Waals surface area contributed by atoms with Gasteiger partial charge in [-0.2, -0.15) is 0 Å². The third kappa shape index (κ3) is 6.09. The average molecular weight is 608 g/mol. The van der Waals surface area contributed by atoms with Gasteiger partial charge in [-0.1, -0.05) is 42.5 Å². The number of hydrogen-bond acceptors (Lipinski definition) is 9. The first-order valence-electron chi connectivity index (χ1n) is 14.0. The molecule has 0 heterocycles. The van der Waals surface area contributed by atoms with E-state index >= 15 is 0 Å². The molecule has 1 aliphatic carbocycles. The Morgan fingerprint density at radius 3 is 2.24 bits per heavy atom. The zero-order chi connectivity index (χ0) is 32.4. The number of carbonyl (C=O) groups is 3. The van der Waals surface area contributed by atoms with Crippen LogP contribution in [0.5, 0.6) is 11.5 Å². The number of rotatable bonds is 9. The van der Waals surface area contributed by atoms with Crippen LogP contribution in [0, 0.1) is 10.1 Å². The first-order valence-corrected chi connectivity index (χ1v) is 14.0. The highest BCUT2D eigenvalue weighted by molar-refractivity contribution is 6.33. The number of phenolic OH excluding ortho intramolecular Hbond substituents is 2. The van der Waals surface area contributed by atoms with Crippen LogP contribution >= 0.6 is 0 Å². The number of ketones is 2. The van der Waals surface area contributed by atoms with E-state index in [1.54, 1.807) is 24.3 Å². The largest absolute Gasteiger partial charge is 0.507 e. The number of nitrogens with zero attached hydrogens (tertiary/aromatic N) is 1. The highest BCUT2D eigenvalue weighted by Crippen LogP contribution is 2.43. The van der Waals surface area contributed by atoms with Crippen LogP contribution in [-0.2, 0) is 11.2 Å². The number of nitro groups is 1. The van der Waals surface area contributed by atoms with Crippen molar-refractivity contribution in [3.8, 4) is 11.5 Å². The number of nitrogens with one attached hydrogen (secondary N) is 2. The molecule has 5 rings (SSSR count). The Labute approximate surface area is 257 Å². The van der Waals surface area contributed by atoms with Crippen molar-refractivity contribution in [3.63, 3.8) is 0 Å². The molecule has 11 heteroatoms. The average Bonchev–Trinajstić information content (AvgIpc) is 3.01. The molecule has 4 aromatic carbocycles. The minimum absolute atomic E-state index is 0.129. The SMILES string of the molecule is C=C(C)c1cccc(C(C)NC(=O)OCCc2ccc(Nc3ccc(O)c4c3C(=O)c3c([N+](=O)[O-])ccc(O)c3C4=O)cc2)c1. The summed E-state index contributed by atoms with van der Waals surface area (Å²) in [6.45, 7) is 7.86. The molecule has 0 saturated carbocycles. The van der Waals surface area contributed by atoms with Gasteiger partial charge >= 0.3 is 6.09 Å². The van der Waals surface area contributed by atoms with Crippen LogP contribution in [0.2, 0.25) is 0 Å². The quantitative estimate of drug-likeness (QED) is 0.0821. The van der Waals surface area contributed by atoms with Crippen LogP contribution in [0.25, 0.3) is 5.57 Å². The summed E-state index contributed by atoms with van der Waals surface area (Å²) < 4.78 is 5.36. The fraction of sp³-hybridized carbons (Fsp3) is 0.147. The van der Waals surface area contributed by atoms with Crippen molar-refractivity contribution in [2.75, 3.05) is 11.9 Å². The summed E-state index contributed by atoms with van der Waals surface area (Å²) in [5.41, 5.74) is 2.06. The number of ether oxygens (including phenoxy) is 1. The normalized spacial score (nSPS) is 12.5. The van der Waals surface area contributed by atoms with Gasteiger partial charge in [-0.3, -0.25) is 19.7 Å². The number of benzene rings is 4. The van der Waals surface area contributed by atoms with Crippen LogP contribution in [0.1, 0.15) is 68.4 Å². The number of fused-ring (bicyclic) bond motifs is 2. The van der Waals surface area contributed by atoms with Crippen molar-refractivity contribution in [2.45, 2.75) is 26.3 Å². The van der Waals surface area contributed by atoms with Gasteiger partial charge in [0.1, 0.15) is 17.1 Å².